The van der Waals surface area contributed by atoms with E-state index in [9.17, 15) is 14.7 Å². The van der Waals surface area contributed by atoms with Gasteiger partial charge in [0.1, 0.15) is 5.25 Å². The number of amides is 2. The van der Waals surface area contributed by atoms with Crippen molar-refractivity contribution >= 4 is 52.8 Å². The predicted octanol–water partition coefficient (Wildman–Crippen LogP) is 4.62. The summed E-state index contributed by atoms with van der Waals surface area (Å²) >= 11 is 8.12. The fraction of sp³-hybridized carbons (Fsp3) is 0.227. The zero-order valence-electron chi connectivity index (χ0n) is 16.6. The van der Waals surface area contributed by atoms with Crippen molar-refractivity contribution in [1.82, 2.24) is 4.98 Å². The largest absolute Gasteiger partial charge is 0.504 e. The number of methoxy groups -OCH3 is 1. The van der Waals surface area contributed by atoms with Gasteiger partial charge in [-0.3, -0.25) is 9.59 Å². The van der Waals surface area contributed by atoms with E-state index < -0.39 is 17.1 Å². The van der Waals surface area contributed by atoms with Crippen LogP contribution in [0.3, 0.4) is 0 Å². The van der Waals surface area contributed by atoms with Crippen LogP contribution < -0.4 is 9.64 Å². The number of nitrogens with zero attached hydrogens (tertiary/aromatic N) is 1. The number of hydrogen-bond acceptors (Lipinski definition) is 7. The number of aromatic amines is 1. The quantitative estimate of drug-likeness (QED) is 0.429. The number of ether oxygens (including phenoxy) is 1. The molecule has 0 saturated carbocycles. The molecule has 0 bridgehead atoms. The lowest BCUT2D eigenvalue weighted by Gasteiger charge is -2.30. The molecule has 6 nitrogen and oxygen atoms in total. The van der Waals surface area contributed by atoms with Crippen LogP contribution >= 0.6 is 35.3 Å². The van der Waals surface area contributed by atoms with Gasteiger partial charge in [-0.2, -0.15) is 0 Å². The van der Waals surface area contributed by atoms with E-state index in [0.29, 0.717) is 15.4 Å². The highest BCUT2D eigenvalue weighted by Gasteiger charge is 2.56. The highest BCUT2D eigenvalue weighted by molar-refractivity contribution is 8.01. The van der Waals surface area contributed by atoms with E-state index in [1.807, 2.05) is 25.1 Å². The first kappa shape index (κ1) is 20.3. The van der Waals surface area contributed by atoms with Gasteiger partial charge in [-0.1, -0.05) is 35.5 Å². The standard InChI is InChI=1S/C22H18N2O4S3/c1-10-3-6-12(7-4-10)24-20(26)16-15(11-5-8-14(28-2)13(25)9-11)17-19(23-22(29)31-17)30-18(16)21(24)27/h3-9,15-16,18,25H,1-2H3,(H,23,29)/t15-,16+,18+/m0/s1. The summed E-state index contributed by atoms with van der Waals surface area (Å²) in [6, 6.07) is 12.5. The zero-order chi connectivity index (χ0) is 21.9. The first-order chi connectivity index (χ1) is 14.9. The molecular weight excluding hydrogens is 452 g/mol. The molecule has 1 aromatic heterocycles. The molecule has 2 aromatic carbocycles. The second kappa shape index (κ2) is 7.51. The Morgan fingerprint density at radius 1 is 1.13 bits per heavy atom. The number of aromatic hydroxyl groups is 1. The molecule has 2 aliphatic rings. The van der Waals surface area contributed by atoms with Gasteiger partial charge in [0.25, 0.3) is 0 Å². The van der Waals surface area contributed by atoms with Crippen LogP contribution in [-0.4, -0.2) is 34.3 Å². The van der Waals surface area contributed by atoms with Gasteiger partial charge in [0.2, 0.25) is 11.8 Å². The average Bonchev–Trinajstić information content (AvgIpc) is 3.23. The summed E-state index contributed by atoms with van der Waals surface area (Å²) in [7, 11) is 1.48. The molecule has 0 radical (unpaired) electrons. The number of thioether (sulfide) groups is 1. The van der Waals surface area contributed by atoms with Crippen LogP contribution in [0.25, 0.3) is 0 Å². The summed E-state index contributed by atoms with van der Waals surface area (Å²) in [5.41, 5.74) is 2.37. The molecule has 3 aromatic rings. The molecule has 3 atom stereocenters. The summed E-state index contributed by atoms with van der Waals surface area (Å²) in [6.07, 6.45) is 0. The van der Waals surface area contributed by atoms with Crippen molar-refractivity contribution in [2.24, 2.45) is 5.92 Å². The number of carbonyl (C=O) groups excluding carboxylic acids is 2. The van der Waals surface area contributed by atoms with E-state index in [-0.39, 0.29) is 17.6 Å². The van der Waals surface area contributed by atoms with Crippen molar-refractivity contribution in [3.05, 3.63) is 62.4 Å². The van der Waals surface area contributed by atoms with Crippen molar-refractivity contribution in [2.45, 2.75) is 23.1 Å². The minimum absolute atomic E-state index is 0.0115. The second-order valence-electron chi connectivity index (χ2n) is 7.53. The third-order valence-corrected chi connectivity index (χ3v) is 8.43. The first-order valence-electron chi connectivity index (χ1n) is 9.60. The number of aryl methyl sites for hydroxylation is 1. The summed E-state index contributed by atoms with van der Waals surface area (Å²) in [5.74, 6) is -1.13. The number of anilines is 1. The summed E-state index contributed by atoms with van der Waals surface area (Å²) in [5, 5.41) is 10.6. The monoisotopic (exact) mass is 470 g/mol. The van der Waals surface area contributed by atoms with Gasteiger partial charge in [-0.25, -0.2) is 4.90 Å². The Labute approximate surface area is 191 Å². The Balaban J connectivity index is 1.65. The third kappa shape index (κ3) is 3.19. The Hall–Kier alpha value is -2.62. The Bertz CT molecular complexity index is 1260. The number of phenolic OH excluding ortho intramolecular Hbond substituents is 1. The van der Waals surface area contributed by atoms with Crippen LogP contribution in [0.15, 0.2) is 47.5 Å². The van der Waals surface area contributed by atoms with Crippen LogP contribution in [0, 0.1) is 16.8 Å². The molecule has 9 heteroatoms. The Kier molecular flexibility index (Phi) is 4.91. The molecule has 158 valence electrons. The molecule has 0 aliphatic carbocycles. The minimum Gasteiger partial charge on any atom is -0.504 e. The van der Waals surface area contributed by atoms with Gasteiger partial charge in [-0.15, -0.1) is 11.3 Å². The van der Waals surface area contributed by atoms with Crippen LogP contribution in [-0.2, 0) is 9.59 Å². The van der Waals surface area contributed by atoms with E-state index >= 15 is 0 Å². The van der Waals surface area contributed by atoms with Gasteiger partial charge in [-0.05, 0) is 49.0 Å². The molecule has 2 amide bonds. The molecule has 0 spiro atoms. The summed E-state index contributed by atoms with van der Waals surface area (Å²) < 4.78 is 5.76. The number of thiazole rings is 1. The SMILES string of the molecule is COc1ccc([C@@H]2c3sc(=S)[nH]c3S[C@H]3C(=O)N(c4ccc(C)cc4)C(=O)[C@H]23)cc1O. The maximum Gasteiger partial charge on any atom is 0.248 e. The molecule has 31 heavy (non-hydrogen) atoms. The van der Waals surface area contributed by atoms with Crippen molar-refractivity contribution < 1.29 is 19.4 Å². The van der Waals surface area contributed by atoms with Crippen molar-refractivity contribution in [1.29, 1.82) is 0 Å². The number of phenols is 1. The summed E-state index contributed by atoms with van der Waals surface area (Å²) in [4.78, 5) is 32.4. The third-order valence-electron chi connectivity index (χ3n) is 5.68. The van der Waals surface area contributed by atoms with Crippen molar-refractivity contribution in [3.63, 3.8) is 0 Å². The Morgan fingerprint density at radius 3 is 2.55 bits per heavy atom. The van der Waals surface area contributed by atoms with Gasteiger partial charge in [0, 0.05) is 10.8 Å². The maximum atomic E-state index is 13.6. The number of nitrogens with one attached hydrogen (secondary N) is 1. The summed E-state index contributed by atoms with van der Waals surface area (Å²) in [6.45, 7) is 1.96. The molecule has 5 rings (SSSR count). The number of aromatic nitrogens is 1. The molecule has 2 N–H and O–H groups in total. The second-order valence-corrected chi connectivity index (χ2v) is 10.4. The minimum atomic E-state index is -0.597. The van der Waals surface area contributed by atoms with Gasteiger partial charge in [0.05, 0.1) is 23.7 Å². The topological polar surface area (TPSA) is 82.6 Å². The van der Waals surface area contributed by atoms with Crippen LogP contribution in [0.1, 0.15) is 21.9 Å². The van der Waals surface area contributed by atoms with Crippen LogP contribution in [0.2, 0.25) is 0 Å². The fourth-order valence-corrected chi connectivity index (χ4v) is 7.19. The number of benzene rings is 2. The normalized spacial score (nSPS) is 22.4. The van der Waals surface area contributed by atoms with Crippen molar-refractivity contribution in [3.8, 4) is 11.5 Å². The van der Waals surface area contributed by atoms with Gasteiger partial charge in [0.15, 0.2) is 15.5 Å². The molecular formula is C22H18N2O4S3. The predicted molar refractivity (Wildman–Crippen MR) is 123 cm³/mol. The van der Waals surface area contributed by atoms with E-state index in [4.69, 9.17) is 17.0 Å². The van der Waals surface area contributed by atoms with Crippen LogP contribution in [0.4, 0.5) is 5.69 Å². The number of imide groups is 1. The Morgan fingerprint density at radius 2 is 1.87 bits per heavy atom. The number of H-pyrrole nitrogens is 1. The fourth-order valence-electron chi connectivity index (χ4n) is 4.22. The lowest BCUT2D eigenvalue weighted by Crippen LogP contribution is -2.32. The number of fused-ring (bicyclic) bond motifs is 2. The molecule has 1 saturated heterocycles. The van der Waals surface area contributed by atoms with Gasteiger partial charge >= 0.3 is 0 Å². The van der Waals surface area contributed by atoms with E-state index in [1.165, 1.54) is 35.1 Å². The average molecular weight is 471 g/mol. The van der Waals surface area contributed by atoms with E-state index in [1.54, 1.807) is 24.3 Å². The highest BCUT2D eigenvalue weighted by atomic mass is 32.2. The van der Waals surface area contributed by atoms with Crippen molar-refractivity contribution in [2.75, 3.05) is 12.0 Å². The van der Waals surface area contributed by atoms with Gasteiger partial charge < -0.3 is 14.8 Å². The molecule has 2 aliphatic heterocycles. The molecule has 0 unspecified atom stereocenters. The number of rotatable bonds is 3. The van der Waals surface area contributed by atoms with Crippen LogP contribution in [0.5, 0.6) is 11.5 Å². The zero-order valence-corrected chi connectivity index (χ0v) is 19.1. The maximum absolute atomic E-state index is 13.6. The number of carbonyl (C=O) groups is 2. The molecule has 1 fully saturated rings. The lowest BCUT2D eigenvalue weighted by atomic mass is 9.83. The smallest absolute Gasteiger partial charge is 0.248 e. The lowest BCUT2D eigenvalue weighted by molar-refractivity contribution is -0.122. The number of hydrogen-bond donors (Lipinski definition) is 2. The first-order valence-corrected chi connectivity index (χ1v) is 11.7. The van der Waals surface area contributed by atoms with E-state index in [0.717, 1.165) is 21.0 Å². The van der Waals surface area contributed by atoms with E-state index in [2.05, 4.69) is 4.98 Å². The molecule has 3 heterocycles. The highest BCUT2D eigenvalue weighted by Crippen LogP contribution is 2.54.